The molecule has 0 fully saturated rings. The average molecular weight is 434 g/mol. The first kappa shape index (κ1) is 22.7. The molecule has 0 spiro atoms. The predicted molar refractivity (Wildman–Crippen MR) is 111 cm³/mol. The van der Waals surface area contributed by atoms with Gasteiger partial charge in [-0.3, -0.25) is 0 Å². The molecule has 166 valence electrons. The number of alkyl halides is 3. The van der Waals surface area contributed by atoms with Crippen LogP contribution in [0.5, 0.6) is 11.6 Å². The average Bonchev–Trinajstić information content (AvgIpc) is 3.18. The van der Waals surface area contributed by atoms with E-state index >= 15 is 0 Å². The van der Waals surface area contributed by atoms with Crippen LogP contribution < -0.4 is 9.47 Å². The van der Waals surface area contributed by atoms with Crippen LogP contribution in [0.2, 0.25) is 0 Å². The molecule has 0 aliphatic heterocycles. The van der Waals surface area contributed by atoms with Crippen LogP contribution in [0.15, 0.2) is 52.6 Å². The van der Waals surface area contributed by atoms with Crippen molar-refractivity contribution in [3.8, 4) is 11.6 Å². The summed E-state index contributed by atoms with van der Waals surface area (Å²) in [4.78, 5) is 8.61. The second kappa shape index (κ2) is 9.85. The lowest BCUT2D eigenvalue weighted by Crippen LogP contribution is -2.14. The van der Waals surface area contributed by atoms with Crippen molar-refractivity contribution in [3.05, 3.63) is 65.6 Å². The summed E-state index contributed by atoms with van der Waals surface area (Å²) in [6.07, 6.45) is 4.64. The van der Waals surface area contributed by atoms with Crippen LogP contribution in [-0.4, -0.2) is 23.3 Å². The Labute approximate surface area is 179 Å². The number of aryl methyl sites for hydroxylation is 1. The van der Waals surface area contributed by atoms with Crippen molar-refractivity contribution in [1.82, 2.24) is 9.97 Å². The lowest BCUT2D eigenvalue weighted by atomic mass is 9.99. The summed E-state index contributed by atoms with van der Waals surface area (Å²) in [7, 11) is 1.53. The Bertz CT molecular complexity index is 973. The van der Waals surface area contributed by atoms with Gasteiger partial charge in [0.2, 0.25) is 11.8 Å². The second-order valence-electron chi connectivity index (χ2n) is 7.03. The standard InChI is InChI=1S/C23H25F3N2O3/c1-4-7-15(13-16(8-5-2)23(24,25)26)22-28-18-9-6-10-19(21(18)31-22)30-17-11-12-20(29-3)27-14-17/h4,7-8,11-14,19H,5-6,9-10H2,1-3H3/b7-4-,15-13+,16-8-. The molecule has 2 aromatic heterocycles. The normalized spacial score (nSPS) is 17.7. The highest BCUT2D eigenvalue weighted by molar-refractivity contribution is 5.71. The molecule has 0 N–H and O–H groups in total. The van der Waals surface area contributed by atoms with Crippen LogP contribution >= 0.6 is 0 Å². The number of allylic oxidation sites excluding steroid dienone is 6. The van der Waals surface area contributed by atoms with E-state index in [4.69, 9.17) is 13.9 Å². The minimum Gasteiger partial charge on any atom is -0.481 e. The molecule has 31 heavy (non-hydrogen) atoms. The van der Waals surface area contributed by atoms with Gasteiger partial charge in [-0.05, 0) is 44.7 Å². The first-order valence-electron chi connectivity index (χ1n) is 10.1. The zero-order chi connectivity index (χ0) is 22.4. The number of oxazole rings is 1. The third-order valence-electron chi connectivity index (χ3n) is 4.75. The Balaban J connectivity index is 1.92. The summed E-state index contributed by atoms with van der Waals surface area (Å²) in [5, 5.41) is 0. The molecule has 1 aliphatic rings. The number of halogens is 3. The van der Waals surface area contributed by atoms with Crippen molar-refractivity contribution in [2.75, 3.05) is 7.11 Å². The van der Waals surface area contributed by atoms with Crippen molar-refractivity contribution in [2.45, 2.75) is 51.8 Å². The number of ether oxygens (including phenoxy) is 2. The van der Waals surface area contributed by atoms with Gasteiger partial charge in [0.25, 0.3) is 0 Å². The van der Waals surface area contributed by atoms with E-state index in [9.17, 15) is 13.2 Å². The second-order valence-corrected chi connectivity index (χ2v) is 7.03. The van der Waals surface area contributed by atoms with Crippen LogP contribution in [-0.2, 0) is 6.42 Å². The molecule has 3 rings (SSSR count). The fourth-order valence-corrected chi connectivity index (χ4v) is 3.34. The summed E-state index contributed by atoms with van der Waals surface area (Å²) in [6, 6.07) is 3.43. The fourth-order valence-electron chi connectivity index (χ4n) is 3.34. The molecular formula is C23H25F3N2O3. The monoisotopic (exact) mass is 434 g/mol. The number of fused-ring (bicyclic) bond motifs is 1. The lowest BCUT2D eigenvalue weighted by molar-refractivity contribution is -0.0883. The van der Waals surface area contributed by atoms with E-state index in [0.29, 0.717) is 35.9 Å². The maximum atomic E-state index is 13.4. The molecule has 8 heteroatoms. The van der Waals surface area contributed by atoms with Gasteiger partial charge in [-0.2, -0.15) is 13.2 Å². The van der Waals surface area contributed by atoms with Gasteiger partial charge >= 0.3 is 6.18 Å². The van der Waals surface area contributed by atoms with E-state index in [0.717, 1.165) is 18.6 Å². The van der Waals surface area contributed by atoms with Crippen molar-refractivity contribution >= 4 is 5.57 Å². The van der Waals surface area contributed by atoms with Gasteiger partial charge in [0, 0.05) is 11.6 Å². The van der Waals surface area contributed by atoms with Gasteiger partial charge in [0.15, 0.2) is 11.9 Å². The molecule has 0 saturated heterocycles. The molecule has 0 aromatic carbocycles. The van der Waals surface area contributed by atoms with Crippen LogP contribution in [0.3, 0.4) is 0 Å². The number of pyridine rings is 1. The molecule has 1 atom stereocenters. The fraction of sp³-hybridized carbons (Fsp3) is 0.391. The van der Waals surface area contributed by atoms with E-state index in [1.54, 1.807) is 44.3 Å². The number of hydrogen-bond acceptors (Lipinski definition) is 5. The summed E-state index contributed by atoms with van der Waals surface area (Å²) in [6.45, 7) is 3.39. The summed E-state index contributed by atoms with van der Waals surface area (Å²) < 4.78 is 57.2. The Kier molecular flexibility index (Phi) is 7.20. The Morgan fingerprint density at radius 2 is 2.13 bits per heavy atom. The van der Waals surface area contributed by atoms with Gasteiger partial charge in [0.05, 0.1) is 24.6 Å². The SMILES string of the molecule is C\C=C/C(=C\C(=C\CC)C(F)(F)F)c1nc2c(o1)C(Oc1ccc(OC)nc1)CCC2. The van der Waals surface area contributed by atoms with Crippen molar-refractivity contribution in [3.63, 3.8) is 0 Å². The lowest BCUT2D eigenvalue weighted by Gasteiger charge is -2.21. The van der Waals surface area contributed by atoms with Gasteiger partial charge in [-0.25, -0.2) is 9.97 Å². The highest BCUT2D eigenvalue weighted by Crippen LogP contribution is 2.37. The first-order valence-corrected chi connectivity index (χ1v) is 10.1. The molecule has 0 saturated carbocycles. The smallest absolute Gasteiger partial charge is 0.416 e. The maximum Gasteiger partial charge on any atom is 0.416 e. The van der Waals surface area contributed by atoms with Crippen LogP contribution in [0.1, 0.15) is 56.6 Å². The summed E-state index contributed by atoms with van der Waals surface area (Å²) in [5.41, 5.74) is 0.242. The van der Waals surface area contributed by atoms with E-state index in [2.05, 4.69) is 9.97 Å². The third-order valence-corrected chi connectivity index (χ3v) is 4.75. The molecule has 0 radical (unpaired) electrons. The maximum absolute atomic E-state index is 13.4. The molecule has 2 aromatic rings. The van der Waals surface area contributed by atoms with Crippen LogP contribution in [0.25, 0.3) is 5.57 Å². The zero-order valence-electron chi connectivity index (χ0n) is 17.7. The Hall–Kier alpha value is -3.03. The summed E-state index contributed by atoms with van der Waals surface area (Å²) in [5.74, 6) is 1.71. The molecule has 0 bridgehead atoms. The number of rotatable bonds is 7. The molecular weight excluding hydrogens is 409 g/mol. The van der Waals surface area contributed by atoms with Crippen molar-refractivity contribution in [1.29, 1.82) is 0 Å². The minimum absolute atomic E-state index is 0.151. The van der Waals surface area contributed by atoms with Gasteiger partial charge in [0.1, 0.15) is 5.75 Å². The topological polar surface area (TPSA) is 57.4 Å². The molecule has 2 heterocycles. The van der Waals surface area contributed by atoms with Crippen molar-refractivity contribution in [2.24, 2.45) is 0 Å². The highest BCUT2D eigenvalue weighted by Gasteiger charge is 2.33. The van der Waals surface area contributed by atoms with E-state index in [-0.39, 0.29) is 24.0 Å². The largest absolute Gasteiger partial charge is 0.481 e. The number of nitrogens with zero attached hydrogens (tertiary/aromatic N) is 2. The van der Waals surface area contributed by atoms with Crippen LogP contribution in [0.4, 0.5) is 13.2 Å². The number of methoxy groups -OCH3 is 1. The first-order chi connectivity index (χ1) is 14.9. The number of hydrogen-bond donors (Lipinski definition) is 0. The summed E-state index contributed by atoms with van der Waals surface area (Å²) >= 11 is 0. The Morgan fingerprint density at radius 1 is 1.32 bits per heavy atom. The number of aromatic nitrogens is 2. The quantitative estimate of drug-likeness (QED) is 0.473. The third kappa shape index (κ3) is 5.57. The molecule has 1 aliphatic carbocycles. The highest BCUT2D eigenvalue weighted by atomic mass is 19.4. The van der Waals surface area contributed by atoms with Gasteiger partial charge in [-0.1, -0.05) is 25.2 Å². The van der Waals surface area contributed by atoms with E-state index in [1.165, 1.54) is 7.11 Å². The predicted octanol–water partition coefficient (Wildman–Crippen LogP) is 6.39. The van der Waals surface area contributed by atoms with Crippen LogP contribution in [0, 0.1) is 0 Å². The van der Waals surface area contributed by atoms with Crippen molar-refractivity contribution < 1.29 is 27.1 Å². The zero-order valence-corrected chi connectivity index (χ0v) is 17.7. The van der Waals surface area contributed by atoms with Gasteiger partial charge < -0.3 is 13.9 Å². The Morgan fingerprint density at radius 3 is 2.74 bits per heavy atom. The molecule has 0 amide bonds. The van der Waals surface area contributed by atoms with Gasteiger partial charge in [-0.15, -0.1) is 0 Å². The molecule has 1 unspecified atom stereocenters. The van der Waals surface area contributed by atoms with E-state index < -0.39 is 11.7 Å². The van der Waals surface area contributed by atoms with E-state index in [1.807, 2.05) is 0 Å². The minimum atomic E-state index is -4.46. The molecule has 5 nitrogen and oxygen atoms in total.